The van der Waals surface area contributed by atoms with E-state index in [0.29, 0.717) is 6.42 Å². The van der Waals surface area contributed by atoms with E-state index in [1.54, 1.807) is 0 Å². The zero-order chi connectivity index (χ0) is 12.9. The third-order valence-electron chi connectivity index (χ3n) is 2.29. The summed E-state index contributed by atoms with van der Waals surface area (Å²) in [6.45, 7) is 1.78. The van der Waals surface area contributed by atoms with E-state index >= 15 is 0 Å². The molecule has 1 N–H and O–H groups in total. The van der Waals surface area contributed by atoms with Crippen LogP contribution < -0.4 is 4.74 Å². The number of benzene rings is 1. The lowest BCUT2D eigenvalue weighted by atomic mass is 10.1. The first kappa shape index (κ1) is 13.8. The molecule has 0 aliphatic carbocycles. The Labute approximate surface area is 98.0 Å². The first-order chi connectivity index (χ1) is 7.99. The summed E-state index contributed by atoms with van der Waals surface area (Å²) in [5.74, 6) is -0.178. The van der Waals surface area contributed by atoms with Crippen LogP contribution in [0.15, 0.2) is 18.2 Å². The number of rotatable bonds is 5. The van der Waals surface area contributed by atoms with Gasteiger partial charge in [0.2, 0.25) is 0 Å². The van der Waals surface area contributed by atoms with Crippen LogP contribution in [0.1, 0.15) is 30.9 Å². The molecular weight excluding hydrogens is 233 g/mol. The lowest BCUT2D eigenvalue weighted by Crippen LogP contribution is -2.10. The van der Waals surface area contributed by atoms with E-state index in [-0.39, 0.29) is 17.9 Å². The monoisotopic (exact) mass is 248 g/mol. The number of aliphatic hydroxyl groups is 1. The molecule has 0 fully saturated rings. The van der Waals surface area contributed by atoms with Crippen molar-refractivity contribution in [1.82, 2.24) is 0 Å². The number of halogens is 3. The van der Waals surface area contributed by atoms with Gasteiger partial charge >= 0.3 is 6.18 Å². The fourth-order valence-electron chi connectivity index (χ4n) is 1.35. The van der Waals surface area contributed by atoms with Crippen LogP contribution in [0.25, 0.3) is 0 Å². The van der Waals surface area contributed by atoms with E-state index in [1.165, 1.54) is 12.1 Å². The second kappa shape index (κ2) is 5.91. The molecule has 0 aliphatic heterocycles. The largest absolute Gasteiger partial charge is 0.493 e. The summed E-state index contributed by atoms with van der Waals surface area (Å²) in [5.41, 5.74) is -0.611. The number of hydrogen-bond donors (Lipinski definition) is 1. The van der Waals surface area contributed by atoms with Gasteiger partial charge in [0.1, 0.15) is 5.75 Å². The van der Waals surface area contributed by atoms with Gasteiger partial charge in [0.25, 0.3) is 0 Å². The minimum Gasteiger partial charge on any atom is -0.493 e. The van der Waals surface area contributed by atoms with Crippen molar-refractivity contribution < 1.29 is 23.0 Å². The van der Waals surface area contributed by atoms with Gasteiger partial charge in [-0.2, -0.15) is 13.2 Å². The summed E-state index contributed by atoms with van der Waals surface area (Å²) in [6, 6.07) is 3.60. The molecule has 17 heavy (non-hydrogen) atoms. The van der Waals surface area contributed by atoms with Gasteiger partial charge in [0.05, 0.1) is 18.8 Å². The van der Waals surface area contributed by atoms with Crippen molar-refractivity contribution >= 4 is 0 Å². The van der Waals surface area contributed by atoms with E-state index < -0.39 is 18.3 Å². The topological polar surface area (TPSA) is 29.5 Å². The minimum absolute atomic E-state index is 0.178. The highest BCUT2D eigenvalue weighted by atomic mass is 19.4. The Morgan fingerprint density at radius 1 is 1.29 bits per heavy atom. The molecule has 0 atom stereocenters. The molecule has 0 saturated heterocycles. The Kier molecular flexibility index (Phi) is 4.81. The molecule has 0 radical (unpaired) electrons. The van der Waals surface area contributed by atoms with Crippen molar-refractivity contribution in [2.75, 3.05) is 6.61 Å². The van der Waals surface area contributed by atoms with Crippen molar-refractivity contribution in [3.63, 3.8) is 0 Å². The first-order valence-corrected chi connectivity index (χ1v) is 5.42. The molecule has 96 valence electrons. The average Bonchev–Trinajstić information content (AvgIpc) is 2.28. The van der Waals surface area contributed by atoms with Crippen molar-refractivity contribution in [1.29, 1.82) is 0 Å². The summed E-state index contributed by atoms with van der Waals surface area (Å²) in [4.78, 5) is 0. The van der Waals surface area contributed by atoms with Gasteiger partial charge in [0.15, 0.2) is 0 Å². The second-order valence-electron chi connectivity index (χ2n) is 3.69. The van der Waals surface area contributed by atoms with Gasteiger partial charge in [-0.25, -0.2) is 0 Å². The zero-order valence-corrected chi connectivity index (χ0v) is 9.55. The summed E-state index contributed by atoms with van der Waals surface area (Å²) in [5, 5.41) is 8.82. The number of unbranched alkanes of at least 4 members (excludes halogenated alkanes) is 1. The van der Waals surface area contributed by atoms with Crippen LogP contribution in [-0.4, -0.2) is 11.7 Å². The SMILES string of the molecule is CCCCOc1ccc(CO)cc1C(F)(F)F. The normalized spacial score (nSPS) is 11.6. The van der Waals surface area contributed by atoms with Gasteiger partial charge in [0, 0.05) is 0 Å². The molecular formula is C12H15F3O2. The standard InChI is InChI=1S/C12H15F3O2/c1-2-3-6-17-11-5-4-9(8-16)7-10(11)12(13,14)15/h4-5,7,16H,2-3,6,8H2,1H3. The minimum atomic E-state index is -4.47. The van der Waals surface area contributed by atoms with Crippen LogP contribution in [0.5, 0.6) is 5.75 Å². The summed E-state index contributed by atoms with van der Waals surface area (Å²) in [6.07, 6.45) is -2.90. The van der Waals surface area contributed by atoms with E-state index in [1.807, 2.05) is 6.92 Å². The van der Waals surface area contributed by atoms with Gasteiger partial charge in [-0.3, -0.25) is 0 Å². The Morgan fingerprint density at radius 2 is 2.00 bits per heavy atom. The molecule has 5 heteroatoms. The maximum absolute atomic E-state index is 12.7. The third-order valence-corrected chi connectivity index (χ3v) is 2.29. The average molecular weight is 248 g/mol. The molecule has 0 amide bonds. The predicted molar refractivity (Wildman–Crippen MR) is 57.8 cm³/mol. The second-order valence-corrected chi connectivity index (χ2v) is 3.69. The Hall–Kier alpha value is -1.23. The summed E-state index contributed by atoms with van der Waals surface area (Å²) in [7, 11) is 0. The van der Waals surface area contributed by atoms with Gasteiger partial charge in [-0.1, -0.05) is 19.4 Å². The molecule has 1 aromatic rings. The van der Waals surface area contributed by atoms with Crippen LogP contribution in [0, 0.1) is 0 Å². The quantitative estimate of drug-likeness (QED) is 0.809. The third kappa shape index (κ3) is 3.93. The molecule has 0 saturated carbocycles. The van der Waals surface area contributed by atoms with Crippen LogP contribution in [0.2, 0.25) is 0 Å². The molecule has 0 bridgehead atoms. The van der Waals surface area contributed by atoms with E-state index in [4.69, 9.17) is 9.84 Å². The highest BCUT2D eigenvalue weighted by Crippen LogP contribution is 2.36. The lowest BCUT2D eigenvalue weighted by Gasteiger charge is -2.14. The molecule has 2 nitrogen and oxygen atoms in total. The van der Waals surface area contributed by atoms with Gasteiger partial charge in [-0.15, -0.1) is 0 Å². The molecule has 1 aromatic carbocycles. The predicted octanol–water partition coefficient (Wildman–Crippen LogP) is 3.38. The zero-order valence-electron chi connectivity index (χ0n) is 9.55. The van der Waals surface area contributed by atoms with Crippen LogP contribution in [-0.2, 0) is 12.8 Å². The molecule has 1 rings (SSSR count). The van der Waals surface area contributed by atoms with Crippen molar-refractivity contribution in [2.24, 2.45) is 0 Å². The number of ether oxygens (including phenoxy) is 1. The first-order valence-electron chi connectivity index (χ1n) is 5.42. The number of alkyl halides is 3. The maximum atomic E-state index is 12.7. The lowest BCUT2D eigenvalue weighted by molar-refractivity contribution is -0.139. The molecule has 0 aromatic heterocycles. The molecule has 0 unspecified atom stereocenters. The van der Waals surface area contributed by atoms with E-state index in [9.17, 15) is 13.2 Å². The van der Waals surface area contributed by atoms with Crippen LogP contribution in [0.3, 0.4) is 0 Å². The van der Waals surface area contributed by atoms with Crippen molar-refractivity contribution in [2.45, 2.75) is 32.5 Å². The fraction of sp³-hybridized carbons (Fsp3) is 0.500. The Balaban J connectivity index is 2.95. The van der Waals surface area contributed by atoms with Crippen LogP contribution in [0.4, 0.5) is 13.2 Å². The van der Waals surface area contributed by atoms with Crippen molar-refractivity contribution in [3.8, 4) is 5.75 Å². The van der Waals surface area contributed by atoms with E-state index in [0.717, 1.165) is 12.5 Å². The molecule has 0 heterocycles. The highest BCUT2D eigenvalue weighted by molar-refractivity contribution is 5.39. The molecule has 0 spiro atoms. The summed E-state index contributed by atoms with van der Waals surface area (Å²) < 4.78 is 43.2. The van der Waals surface area contributed by atoms with E-state index in [2.05, 4.69) is 0 Å². The Bertz CT molecular complexity index is 361. The summed E-state index contributed by atoms with van der Waals surface area (Å²) >= 11 is 0. The molecule has 0 aliphatic rings. The fourth-order valence-corrected chi connectivity index (χ4v) is 1.35. The maximum Gasteiger partial charge on any atom is 0.419 e. The Morgan fingerprint density at radius 3 is 2.53 bits per heavy atom. The highest BCUT2D eigenvalue weighted by Gasteiger charge is 2.34. The number of aliphatic hydroxyl groups excluding tert-OH is 1. The van der Waals surface area contributed by atoms with Crippen LogP contribution >= 0.6 is 0 Å². The van der Waals surface area contributed by atoms with Crippen molar-refractivity contribution in [3.05, 3.63) is 29.3 Å². The number of hydrogen-bond acceptors (Lipinski definition) is 2. The smallest absolute Gasteiger partial charge is 0.419 e. The van der Waals surface area contributed by atoms with Gasteiger partial charge < -0.3 is 9.84 Å². The van der Waals surface area contributed by atoms with Gasteiger partial charge in [-0.05, 0) is 24.1 Å².